The van der Waals surface area contributed by atoms with E-state index in [4.69, 9.17) is 15.2 Å². The summed E-state index contributed by atoms with van der Waals surface area (Å²) >= 11 is 0. The summed E-state index contributed by atoms with van der Waals surface area (Å²) in [7, 11) is 1.63. The first-order valence-corrected chi connectivity index (χ1v) is 10.7. The van der Waals surface area contributed by atoms with Gasteiger partial charge in [-0.1, -0.05) is 12.1 Å². The Morgan fingerprint density at radius 3 is 2.53 bits per heavy atom. The molecular weight excluding hydrogens is 408 g/mol. The van der Waals surface area contributed by atoms with E-state index < -0.39 is 0 Å². The second kappa shape index (κ2) is 9.74. The summed E-state index contributed by atoms with van der Waals surface area (Å²) in [6.45, 7) is 2.95. The van der Waals surface area contributed by atoms with Crippen molar-refractivity contribution in [2.45, 2.75) is 12.8 Å². The number of hydrogen-bond donors (Lipinski definition) is 3. The molecule has 0 radical (unpaired) electrons. The van der Waals surface area contributed by atoms with Crippen molar-refractivity contribution in [2.75, 3.05) is 33.4 Å². The molecule has 2 heterocycles. The Balaban J connectivity index is 1.38. The highest BCUT2D eigenvalue weighted by Gasteiger charge is 2.22. The summed E-state index contributed by atoms with van der Waals surface area (Å²) < 4.78 is 11.1. The van der Waals surface area contributed by atoms with Crippen LogP contribution >= 0.6 is 0 Å². The SMILES string of the molecule is COc1ccc(-c2cn[nH]c2-c2ccc(OCCN3CCC(C(N)=O)CC3)cc2O)cc1. The van der Waals surface area contributed by atoms with E-state index in [1.54, 1.807) is 19.4 Å². The Morgan fingerprint density at radius 1 is 1.16 bits per heavy atom. The minimum atomic E-state index is -0.205. The molecule has 3 aromatic rings. The third-order valence-electron chi connectivity index (χ3n) is 5.95. The molecule has 2 aromatic carbocycles. The van der Waals surface area contributed by atoms with Gasteiger partial charge in [-0.2, -0.15) is 5.10 Å². The number of phenolic OH excluding ortho intramolecular Hbond substituents is 1. The molecule has 0 atom stereocenters. The van der Waals surface area contributed by atoms with E-state index in [2.05, 4.69) is 15.1 Å². The van der Waals surface area contributed by atoms with Crippen molar-refractivity contribution in [1.82, 2.24) is 15.1 Å². The van der Waals surface area contributed by atoms with Gasteiger partial charge in [-0.05, 0) is 55.8 Å². The molecule has 1 aromatic heterocycles. The lowest BCUT2D eigenvalue weighted by molar-refractivity contribution is -0.123. The average Bonchev–Trinajstić information content (AvgIpc) is 3.29. The number of nitrogens with one attached hydrogen (secondary N) is 1. The molecule has 32 heavy (non-hydrogen) atoms. The zero-order valence-corrected chi connectivity index (χ0v) is 18.1. The molecule has 0 unspecified atom stereocenters. The number of benzene rings is 2. The second-order valence-corrected chi connectivity index (χ2v) is 7.93. The number of rotatable bonds is 8. The fourth-order valence-corrected chi connectivity index (χ4v) is 4.03. The molecule has 0 saturated carbocycles. The predicted molar refractivity (Wildman–Crippen MR) is 122 cm³/mol. The number of H-pyrrole nitrogens is 1. The average molecular weight is 437 g/mol. The zero-order chi connectivity index (χ0) is 22.5. The summed E-state index contributed by atoms with van der Waals surface area (Å²) in [5, 5.41) is 17.8. The Bertz CT molecular complexity index is 1060. The van der Waals surface area contributed by atoms with Gasteiger partial charge < -0.3 is 20.3 Å². The largest absolute Gasteiger partial charge is 0.507 e. The topological polar surface area (TPSA) is 114 Å². The van der Waals surface area contributed by atoms with Crippen LogP contribution in [0.15, 0.2) is 48.7 Å². The number of piperidine rings is 1. The first kappa shape index (κ1) is 21.7. The van der Waals surface area contributed by atoms with E-state index in [9.17, 15) is 9.90 Å². The Hall–Kier alpha value is -3.52. The minimum absolute atomic E-state index is 0.0121. The van der Waals surface area contributed by atoms with Gasteiger partial charge in [-0.15, -0.1) is 0 Å². The minimum Gasteiger partial charge on any atom is -0.507 e. The molecule has 1 amide bonds. The van der Waals surface area contributed by atoms with E-state index in [1.165, 1.54) is 0 Å². The first-order valence-electron chi connectivity index (χ1n) is 10.7. The Kier molecular flexibility index (Phi) is 6.61. The smallest absolute Gasteiger partial charge is 0.220 e. The van der Waals surface area contributed by atoms with Crippen molar-refractivity contribution in [3.05, 3.63) is 48.7 Å². The standard InChI is InChI=1S/C24H28N4O4/c1-31-18-4-2-16(3-5-18)21-15-26-27-23(21)20-7-6-19(14-22(20)29)32-13-12-28-10-8-17(9-11-28)24(25)30/h2-7,14-15,17,29H,8-13H2,1H3,(H2,25,30)(H,26,27). The lowest BCUT2D eigenvalue weighted by atomic mass is 9.96. The van der Waals surface area contributed by atoms with Crippen molar-refractivity contribution < 1.29 is 19.4 Å². The summed E-state index contributed by atoms with van der Waals surface area (Å²) in [5.74, 6) is 1.28. The summed E-state index contributed by atoms with van der Waals surface area (Å²) in [6, 6.07) is 13.0. The highest BCUT2D eigenvalue weighted by molar-refractivity contribution is 5.83. The number of ether oxygens (including phenoxy) is 2. The molecule has 8 nitrogen and oxygen atoms in total. The monoisotopic (exact) mass is 436 g/mol. The third kappa shape index (κ3) is 4.86. The molecular formula is C24H28N4O4. The van der Waals surface area contributed by atoms with Crippen LogP contribution in [0, 0.1) is 5.92 Å². The van der Waals surface area contributed by atoms with Gasteiger partial charge in [0.15, 0.2) is 0 Å². The van der Waals surface area contributed by atoms with Gasteiger partial charge in [0.2, 0.25) is 5.91 Å². The van der Waals surface area contributed by atoms with Crippen LogP contribution in [0.2, 0.25) is 0 Å². The van der Waals surface area contributed by atoms with Gasteiger partial charge >= 0.3 is 0 Å². The lowest BCUT2D eigenvalue weighted by Crippen LogP contribution is -2.40. The molecule has 0 bridgehead atoms. The predicted octanol–water partition coefficient (Wildman–Crippen LogP) is 3.03. The summed E-state index contributed by atoms with van der Waals surface area (Å²) in [6.07, 6.45) is 3.33. The fraction of sp³-hybridized carbons (Fsp3) is 0.333. The number of methoxy groups -OCH3 is 1. The molecule has 1 fully saturated rings. The van der Waals surface area contributed by atoms with Crippen molar-refractivity contribution in [3.8, 4) is 39.6 Å². The van der Waals surface area contributed by atoms with E-state index in [-0.39, 0.29) is 17.6 Å². The highest BCUT2D eigenvalue weighted by Crippen LogP contribution is 2.37. The van der Waals surface area contributed by atoms with E-state index in [0.717, 1.165) is 55.0 Å². The van der Waals surface area contributed by atoms with E-state index in [0.29, 0.717) is 17.9 Å². The van der Waals surface area contributed by atoms with Crippen molar-refractivity contribution >= 4 is 5.91 Å². The van der Waals surface area contributed by atoms with Crippen molar-refractivity contribution in [1.29, 1.82) is 0 Å². The molecule has 0 spiro atoms. The number of amides is 1. The maximum Gasteiger partial charge on any atom is 0.220 e. The van der Waals surface area contributed by atoms with E-state index >= 15 is 0 Å². The number of aromatic amines is 1. The summed E-state index contributed by atoms with van der Waals surface area (Å²) in [4.78, 5) is 13.5. The number of primary amides is 1. The molecule has 8 heteroatoms. The molecule has 1 aliphatic heterocycles. The van der Waals surface area contributed by atoms with Crippen LogP contribution in [0.3, 0.4) is 0 Å². The van der Waals surface area contributed by atoms with Gasteiger partial charge in [0.25, 0.3) is 0 Å². The van der Waals surface area contributed by atoms with Crippen molar-refractivity contribution in [2.24, 2.45) is 11.7 Å². The molecule has 1 aliphatic rings. The maximum absolute atomic E-state index is 11.3. The molecule has 1 saturated heterocycles. The second-order valence-electron chi connectivity index (χ2n) is 7.93. The maximum atomic E-state index is 11.3. The van der Waals surface area contributed by atoms with Crippen LogP contribution in [-0.2, 0) is 4.79 Å². The zero-order valence-electron chi connectivity index (χ0n) is 18.1. The number of nitrogens with two attached hydrogens (primary N) is 1. The molecule has 0 aliphatic carbocycles. The quantitative estimate of drug-likeness (QED) is 0.500. The van der Waals surface area contributed by atoms with Crippen molar-refractivity contribution in [3.63, 3.8) is 0 Å². The normalized spacial score (nSPS) is 14.9. The van der Waals surface area contributed by atoms with Gasteiger partial charge in [0.05, 0.1) is 19.0 Å². The molecule has 168 valence electrons. The number of carbonyl (C=O) groups excluding carboxylic acids is 1. The van der Waals surface area contributed by atoms with Crippen LogP contribution < -0.4 is 15.2 Å². The lowest BCUT2D eigenvalue weighted by Gasteiger charge is -2.30. The van der Waals surface area contributed by atoms with Crippen LogP contribution in [0.25, 0.3) is 22.4 Å². The van der Waals surface area contributed by atoms with Gasteiger partial charge in [-0.25, -0.2) is 0 Å². The molecule has 4 rings (SSSR count). The number of phenols is 1. The number of likely N-dealkylation sites (tertiary alicyclic amines) is 1. The van der Waals surface area contributed by atoms with Crippen LogP contribution in [0.1, 0.15) is 12.8 Å². The fourth-order valence-electron chi connectivity index (χ4n) is 4.03. The summed E-state index contributed by atoms with van der Waals surface area (Å²) in [5.41, 5.74) is 8.62. The van der Waals surface area contributed by atoms with Crippen LogP contribution in [-0.4, -0.2) is 59.5 Å². The Labute approximate surface area is 187 Å². The van der Waals surface area contributed by atoms with Crippen LogP contribution in [0.4, 0.5) is 0 Å². The van der Waals surface area contributed by atoms with Crippen LogP contribution in [0.5, 0.6) is 17.2 Å². The number of aromatic nitrogens is 2. The van der Waals surface area contributed by atoms with Gasteiger partial charge in [0.1, 0.15) is 23.9 Å². The van der Waals surface area contributed by atoms with E-state index in [1.807, 2.05) is 36.4 Å². The third-order valence-corrected chi connectivity index (χ3v) is 5.95. The number of hydrogen-bond acceptors (Lipinski definition) is 6. The van der Waals surface area contributed by atoms with Gasteiger partial charge in [-0.3, -0.25) is 14.8 Å². The Morgan fingerprint density at radius 2 is 1.88 bits per heavy atom. The van der Waals surface area contributed by atoms with Gasteiger partial charge in [0, 0.05) is 29.7 Å². The first-order chi connectivity index (χ1) is 15.5. The number of aromatic hydroxyl groups is 1. The highest BCUT2D eigenvalue weighted by atomic mass is 16.5. The molecule has 4 N–H and O–H groups in total. The number of nitrogens with zero attached hydrogens (tertiary/aromatic N) is 2. The number of carbonyl (C=O) groups is 1.